The molecule has 3 rings (SSSR count). The number of amides is 1. The molecule has 1 aromatic heterocycles. The number of nitrogens with zero attached hydrogens (tertiary/aromatic N) is 2. The van der Waals surface area contributed by atoms with Crippen molar-refractivity contribution in [2.45, 2.75) is 52.3 Å². The monoisotopic (exact) mass is 412 g/mol. The molecule has 2 heterocycles. The topological polar surface area (TPSA) is 75.7 Å². The number of pyridine rings is 1. The van der Waals surface area contributed by atoms with E-state index in [1.165, 1.54) is 12.5 Å². The zero-order valence-corrected chi connectivity index (χ0v) is 18.3. The van der Waals surface area contributed by atoms with Crippen LogP contribution in [0.25, 0.3) is 0 Å². The highest BCUT2D eigenvalue weighted by Gasteiger charge is 2.20. The van der Waals surface area contributed by atoms with Gasteiger partial charge in [-0.05, 0) is 56.5 Å². The Hall–Kier alpha value is -2.80. The highest BCUT2D eigenvalue weighted by atomic mass is 16.5. The van der Waals surface area contributed by atoms with Gasteiger partial charge in [0, 0.05) is 32.6 Å². The van der Waals surface area contributed by atoms with E-state index in [0.717, 1.165) is 49.7 Å². The predicted octanol–water partition coefficient (Wildman–Crippen LogP) is 3.91. The SMILES string of the molecule is COc1ccc(CN2CCC(Nc3ccc(NC(C)=O)nc3)CC2)cc1OC(C)C. The molecule has 0 saturated carbocycles. The van der Waals surface area contributed by atoms with Crippen LogP contribution in [0.2, 0.25) is 0 Å². The molecule has 2 aromatic rings. The second-order valence-electron chi connectivity index (χ2n) is 7.96. The first-order valence-electron chi connectivity index (χ1n) is 10.5. The third kappa shape index (κ3) is 6.35. The zero-order chi connectivity index (χ0) is 21.5. The summed E-state index contributed by atoms with van der Waals surface area (Å²) in [6.07, 6.45) is 4.01. The number of piperidine rings is 1. The second-order valence-corrected chi connectivity index (χ2v) is 7.96. The molecule has 30 heavy (non-hydrogen) atoms. The van der Waals surface area contributed by atoms with Crippen LogP contribution in [-0.2, 0) is 11.3 Å². The lowest BCUT2D eigenvalue weighted by Gasteiger charge is -2.33. The molecule has 1 amide bonds. The van der Waals surface area contributed by atoms with Gasteiger partial charge in [-0.3, -0.25) is 9.69 Å². The molecule has 2 N–H and O–H groups in total. The van der Waals surface area contributed by atoms with Gasteiger partial charge in [0.25, 0.3) is 0 Å². The molecule has 0 spiro atoms. The normalized spacial score (nSPS) is 15.1. The second kappa shape index (κ2) is 10.3. The number of nitrogens with one attached hydrogen (secondary N) is 2. The van der Waals surface area contributed by atoms with E-state index in [1.807, 2.05) is 32.0 Å². The molecule has 7 nitrogen and oxygen atoms in total. The van der Waals surface area contributed by atoms with Gasteiger partial charge in [0.15, 0.2) is 11.5 Å². The number of benzene rings is 1. The predicted molar refractivity (Wildman–Crippen MR) is 119 cm³/mol. The quantitative estimate of drug-likeness (QED) is 0.685. The Morgan fingerprint density at radius 3 is 2.57 bits per heavy atom. The Morgan fingerprint density at radius 1 is 1.20 bits per heavy atom. The fourth-order valence-electron chi connectivity index (χ4n) is 3.63. The third-order valence-corrected chi connectivity index (χ3v) is 5.02. The van der Waals surface area contributed by atoms with Crippen LogP contribution < -0.4 is 20.1 Å². The number of rotatable bonds is 8. The van der Waals surface area contributed by atoms with Crippen molar-refractivity contribution in [3.05, 3.63) is 42.1 Å². The first-order chi connectivity index (χ1) is 14.4. The van der Waals surface area contributed by atoms with Crippen molar-refractivity contribution in [2.75, 3.05) is 30.8 Å². The summed E-state index contributed by atoms with van der Waals surface area (Å²) in [5.41, 5.74) is 2.21. The average molecular weight is 413 g/mol. The molecule has 1 saturated heterocycles. The van der Waals surface area contributed by atoms with Crippen LogP contribution in [0.1, 0.15) is 39.2 Å². The number of hydrogen-bond donors (Lipinski definition) is 2. The van der Waals surface area contributed by atoms with Gasteiger partial charge in [-0.25, -0.2) is 4.98 Å². The summed E-state index contributed by atoms with van der Waals surface area (Å²) in [4.78, 5) is 17.8. The molecular formula is C23H32N4O3. The molecule has 1 aliphatic heterocycles. The summed E-state index contributed by atoms with van der Waals surface area (Å²) >= 11 is 0. The van der Waals surface area contributed by atoms with Crippen LogP contribution in [0.5, 0.6) is 11.5 Å². The average Bonchev–Trinajstić information content (AvgIpc) is 2.70. The minimum Gasteiger partial charge on any atom is -0.493 e. The number of methoxy groups -OCH3 is 1. The maximum Gasteiger partial charge on any atom is 0.222 e. The van der Waals surface area contributed by atoms with E-state index in [4.69, 9.17) is 9.47 Å². The number of carbonyl (C=O) groups is 1. The maximum absolute atomic E-state index is 11.1. The molecule has 0 unspecified atom stereocenters. The summed E-state index contributed by atoms with van der Waals surface area (Å²) in [6, 6.07) is 10.4. The summed E-state index contributed by atoms with van der Waals surface area (Å²) in [5, 5.41) is 6.24. The van der Waals surface area contributed by atoms with Crippen molar-refractivity contribution in [1.29, 1.82) is 0 Å². The molecule has 0 bridgehead atoms. The van der Waals surface area contributed by atoms with E-state index in [1.54, 1.807) is 13.3 Å². The van der Waals surface area contributed by atoms with Crippen LogP contribution in [0.4, 0.5) is 11.5 Å². The molecule has 1 fully saturated rings. The number of carbonyl (C=O) groups excluding carboxylic acids is 1. The first-order valence-corrected chi connectivity index (χ1v) is 10.5. The smallest absolute Gasteiger partial charge is 0.222 e. The maximum atomic E-state index is 11.1. The van der Waals surface area contributed by atoms with E-state index >= 15 is 0 Å². The molecule has 162 valence electrons. The van der Waals surface area contributed by atoms with E-state index in [0.29, 0.717) is 11.9 Å². The Morgan fingerprint density at radius 2 is 1.97 bits per heavy atom. The lowest BCUT2D eigenvalue weighted by atomic mass is 10.0. The largest absolute Gasteiger partial charge is 0.493 e. The first kappa shape index (κ1) is 21.9. The van der Waals surface area contributed by atoms with Crippen molar-refractivity contribution in [1.82, 2.24) is 9.88 Å². The van der Waals surface area contributed by atoms with E-state index in [2.05, 4.69) is 32.7 Å². The number of ether oxygens (including phenoxy) is 2. The van der Waals surface area contributed by atoms with Crippen molar-refractivity contribution < 1.29 is 14.3 Å². The number of anilines is 2. The van der Waals surface area contributed by atoms with Crippen LogP contribution >= 0.6 is 0 Å². The van der Waals surface area contributed by atoms with Gasteiger partial charge < -0.3 is 20.1 Å². The molecule has 0 atom stereocenters. The lowest BCUT2D eigenvalue weighted by Crippen LogP contribution is -2.38. The summed E-state index contributed by atoms with van der Waals surface area (Å²) < 4.78 is 11.3. The van der Waals surface area contributed by atoms with Gasteiger partial charge in [-0.2, -0.15) is 0 Å². The Kier molecular flexibility index (Phi) is 7.52. The molecule has 0 aliphatic carbocycles. The minimum atomic E-state index is -0.115. The fraction of sp³-hybridized carbons (Fsp3) is 0.478. The summed E-state index contributed by atoms with van der Waals surface area (Å²) in [5.74, 6) is 2.03. The molecular weight excluding hydrogens is 380 g/mol. The number of likely N-dealkylation sites (tertiary alicyclic amines) is 1. The van der Waals surface area contributed by atoms with Gasteiger partial charge in [-0.1, -0.05) is 6.07 Å². The van der Waals surface area contributed by atoms with Gasteiger partial charge in [0.2, 0.25) is 5.91 Å². The molecule has 1 aliphatic rings. The number of aromatic nitrogens is 1. The third-order valence-electron chi connectivity index (χ3n) is 5.02. The number of hydrogen-bond acceptors (Lipinski definition) is 6. The highest BCUT2D eigenvalue weighted by molar-refractivity contribution is 5.87. The molecule has 7 heteroatoms. The van der Waals surface area contributed by atoms with Crippen molar-refractivity contribution in [3.8, 4) is 11.5 Å². The lowest BCUT2D eigenvalue weighted by molar-refractivity contribution is -0.114. The molecule has 1 aromatic carbocycles. The van der Waals surface area contributed by atoms with Crippen molar-refractivity contribution in [3.63, 3.8) is 0 Å². The van der Waals surface area contributed by atoms with Gasteiger partial charge >= 0.3 is 0 Å². The Balaban J connectivity index is 1.50. The van der Waals surface area contributed by atoms with Gasteiger partial charge in [0.05, 0.1) is 25.1 Å². The van der Waals surface area contributed by atoms with Crippen molar-refractivity contribution >= 4 is 17.4 Å². The van der Waals surface area contributed by atoms with Crippen LogP contribution in [-0.4, -0.2) is 48.1 Å². The van der Waals surface area contributed by atoms with Gasteiger partial charge in [0.1, 0.15) is 5.82 Å². The Labute approximate surface area is 178 Å². The standard InChI is InChI=1S/C23H32N4O3/c1-16(2)30-22-13-18(5-7-21(22)29-4)15-27-11-9-19(10-12-27)26-20-6-8-23(24-14-20)25-17(3)28/h5-8,13-14,16,19,26H,9-12,15H2,1-4H3,(H,24,25,28). The highest BCUT2D eigenvalue weighted by Crippen LogP contribution is 2.30. The Bertz CT molecular complexity index is 831. The van der Waals surface area contributed by atoms with Gasteiger partial charge in [-0.15, -0.1) is 0 Å². The summed E-state index contributed by atoms with van der Waals surface area (Å²) in [7, 11) is 1.67. The zero-order valence-electron chi connectivity index (χ0n) is 18.3. The molecule has 0 radical (unpaired) electrons. The van der Waals surface area contributed by atoms with Crippen molar-refractivity contribution in [2.24, 2.45) is 0 Å². The fourth-order valence-corrected chi connectivity index (χ4v) is 3.63. The van der Waals surface area contributed by atoms with Crippen LogP contribution in [0.15, 0.2) is 36.5 Å². The minimum absolute atomic E-state index is 0.109. The van der Waals surface area contributed by atoms with E-state index in [-0.39, 0.29) is 12.0 Å². The van der Waals surface area contributed by atoms with Crippen LogP contribution in [0, 0.1) is 0 Å². The summed E-state index contributed by atoms with van der Waals surface area (Å²) in [6.45, 7) is 8.48. The van der Waals surface area contributed by atoms with E-state index in [9.17, 15) is 4.79 Å². The van der Waals surface area contributed by atoms with E-state index < -0.39 is 0 Å². The van der Waals surface area contributed by atoms with Crippen LogP contribution in [0.3, 0.4) is 0 Å².